The molecule has 0 aromatic carbocycles. The molecule has 0 spiro atoms. The molecule has 0 unspecified atom stereocenters. The van der Waals surface area contributed by atoms with E-state index in [2.05, 4.69) is 15.2 Å². The van der Waals surface area contributed by atoms with Crippen LogP contribution in [0.4, 0.5) is 0 Å². The van der Waals surface area contributed by atoms with E-state index in [-0.39, 0.29) is 11.9 Å². The molecule has 1 amide bonds. The number of aryl methyl sites for hydroxylation is 1. The molecule has 4 nitrogen and oxygen atoms in total. The Hall–Kier alpha value is -1.42. The van der Waals surface area contributed by atoms with Crippen LogP contribution in [0.3, 0.4) is 0 Å². The summed E-state index contributed by atoms with van der Waals surface area (Å²) in [5.41, 5.74) is 2.08. The number of aromatic nitrogens is 1. The molecule has 1 N–H and O–H groups in total. The maximum Gasteiger partial charge on any atom is 0.237 e. The van der Waals surface area contributed by atoms with Gasteiger partial charge in [0.15, 0.2) is 0 Å². The fraction of sp³-hybridized carbons (Fsp3) is 0.571. The minimum absolute atomic E-state index is 0.0181. The maximum absolute atomic E-state index is 12.0. The molecule has 1 fully saturated rings. The van der Waals surface area contributed by atoms with Crippen molar-refractivity contribution in [2.24, 2.45) is 0 Å². The SMILES string of the molecule is Cc1cc(CNC(=O)[C@H](C)N2CCCC2)ccn1. The zero-order valence-electron chi connectivity index (χ0n) is 11.1. The summed E-state index contributed by atoms with van der Waals surface area (Å²) in [6.07, 6.45) is 4.20. The number of amides is 1. The van der Waals surface area contributed by atoms with Crippen LogP contribution >= 0.6 is 0 Å². The Balaban J connectivity index is 1.84. The van der Waals surface area contributed by atoms with Crippen molar-refractivity contribution in [2.45, 2.75) is 39.3 Å². The molecule has 1 atom stereocenters. The van der Waals surface area contributed by atoms with E-state index in [0.717, 1.165) is 24.3 Å². The van der Waals surface area contributed by atoms with Crippen LogP contribution in [0.2, 0.25) is 0 Å². The molecule has 0 aliphatic carbocycles. The number of carbonyl (C=O) groups excluding carboxylic acids is 1. The lowest BCUT2D eigenvalue weighted by Gasteiger charge is -2.22. The molecule has 0 radical (unpaired) electrons. The van der Waals surface area contributed by atoms with E-state index in [1.807, 2.05) is 26.0 Å². The van der Waals surface area contributed by atoms with Crippen molar-refractivity contribution >= 4 is 5.91 Å². The molecule has 1 aromatic heterocycles. The summed E-state index contributed by atoms with van der Waals surface area (Å²) >= 11 is 0. The first kappa shape index (κ1) is 13.0. The molecule has 98 valence electrons. The molecule has 0 saturated carbocycles. The number of carbonyl (C=O) groups is 1. The fourth-order valence-electron chi connectivity index (χ4n) is 2.35. The van der Waals surface area contributed by atoms with E-state index in [1.54, 1.807) is 6.20 Å². The van der Waals surface area contributed by atoms with Crippen LogP contribution in [0.5, 0.6) is 0 Å². The Bertz CT molecular complexity index is 413. The van der Waals surface area contributed by atoms with E-state index in [1.165, 1.54) is 12.8 Å². The molecule has 1 aliphatic rings. The quantitative estimate of drug-likeness (QED) is 0.877. The van der Waals surface area contributed by atoms with Gasteiger partial charge in [0, 0.05) is 18.4 Å². The van der Waals surface area contributed by atoms with Crippen LogP contribution in [0, 0.1) is 6.92 Å². The summed E-state index contributed by atoms with van der Waals surface area (Å²) in [6, 6.07) is 3.92. The third-order valence-corrected chi connectivity index (χ3v) is 3.50. The van der Waals surface area contributed by atoms with Gasteiger partial charge in [-0.15, -0.1) is 0 Å². The first-order valence-corrected chi connectivity index (χ1v) is 6.60. The molecule has 2 heterocycles. The van der Waals surface area contributed by atoms with E-state index in [4.69, 9.17) is 0 Å². The van der Waals surface area contributed by atoms with Gasteiger partial charge in [0.25, 0.3) is 0 Å². The Labute approximate surface area is 108 Å². The van der Waals surface area contributed by atoms with Crippen molar-refractivity contribution in [1.29, 1.82) is 0 Å². The van der Waals surface area contributed by atoms with E-state index >= 15 is 0 Å². The number of pyridine rings is 1. The van der Waals surface area contributed by atoms with Crippen molar-refractivity contribution in [3.05, 3.63) is 29.6 Å². The predicted molar refractivity (Wildman–Crippen MR) is 71.1 cm³/mol. The highest BCUT2D eigenvalue weighted by Gasteiger charge is 2.23. The topological polar surface area (TPSA) is 45.2 Å². The third kappa shape index (κ3) is 3.29. The molecule has 1 aliphatic heterocycles. The summed E-state index contributed by atoms with van der Waals surface area (Å²) < 4.78 is 0. The van der Waals surface area contributed by atoms with Crippen LogP contribution in [0.25, 0.3) is 0 Å². The Morgan fingerprint density at radius 2 is 2.22 bits per heavy atom. The average Bonchev–Trinajstić information content (AvgIpc) is 2.89. The van der Waals surface area contributed by atoms with Gasteiger partial charge in [0.05, 0.1) is 6.04 Å². The molecule has 1 aromatic rings. The standard InChI is InChI=1S/C14H21N3O/c1-11-9-13(5-6-15-11)10-16-14(18)12(2)17-7-3-4-8-17/h5-6,9,12H,3-4,7-8,10H2,1-2H3,(H,16,18)/t12-/m0/s1. The number of hydrogen-bond acceptors (Lipinski definition) is 3. The van der Waals surface area contributed by atoms with Crippen LogP contribution < -0.4 is 5.32 Å². The summed E-state index contributed by atoms with van der Waals surface area (Å²) in [5, 5.41) is 2.99. The molecule has 1 saturated heterocycles. The zero-order valence-corrected chi connectivity index (χ0v) is 11.1. The van der Waals surface area contributed by atoms with Gasteiger partial charge in [-0.25, -0.2) is 0 Å². The number of rotatable bonds is 4. The number of nitrogens with one attached hydrogen (secondary N) is 1. The van der Waals surface area contributed by atoms with Gasteiger partial charge in [-0.2, -0.15) is 0 Å². The number of likely N-dealkylation sites (tertiary alicyclic amines) is 1. The second-order valence-electron chi connectivity index (χ2n) is 4.94. The minimum atomic E-state index is -0.0181. The van der Waals surface area contributed by atoms with Crippen LogP contribution in [0.15, 0.2) is 18.3 Å². The van der Waals surface area contributed by atoms with E-state index in [0.29, 0.717) is 6.54 Å². The highest BCUT2D eigenvalue weighted by atomic mass is 16.2. The molecule has 2 rings (SSSR count). The first-order chi connectivity index (χ1) is 8.66. The second-order valence-corrected chi connectivity index (χ2v) is 4.94. The predicted octanol–water partition coefficient (Wildman–Crippen LogP) is 1.49. The molecule has 0 bridgehead atoms. The van der Waals surface area contributed by atoms with Gasteiger partial charge < -0.3 is 5.32 Å². The summed E-state index contributed by atoms with van der Waals surface area (Å²) in [6.45, 7) is 6.61. The fourth-order valence-corrected chi connectivity index (χ4v) is 2.35. The van der Waals surface area contributed by atoms with Gasteiger partial charge in [-0.05, 0) is 57.5 Å². The van der Waals surface area contributed by atoms with Crippen LogP contribution in [-0.4, -0.2) is 34.9 Å². The highest BCUT2D eigenvalue weighted by Crippen LogP contribution is 2.11. The van der Waals surface area contributed by atoms with Gasteiger partial charge in [-0.3, -0.25) is 14.7 Å². The van der Waals surface area contributed by atoms with Crippen LogP contribution in [0.1, 0.15) is 31.0 Å². The maximum atomic E-state index is 12.0. The molecular formula is C14H21N3O. The average molecular weight is 247 g/mol. The second kappa shape index (κ2) is 5.96. The number of nitrogens with zero attached hydrogens (tertiary/aromatic N) is 2. The van der Waals surface area contributed by atoms with E-state index < -0.39 is 0 Å². The monoisotopic (exact) mass is 247 g/mol. The van der Waals surface area contributed by atoms with E-state index in [9.17, 15) is 4.79 Å². The Morgan fingerprint density at radius 3 is 2.89 bits per heavy atom. The van der Waals surface area contributed by atoms with Gasteiger partial charge in [0.2, 0.25) is 5.91 Å². The van der Waals surface area contributed by atoms with Crippen molar-refractivity contribution in [3.8, 4) is 0 Å². The smallest absolute Gasteiger partial charge is 0.237 e. The van der Waals surface area contributed by atoms with Gasteiger partial charge in [-0.1, -0.05) is 0 Å². The zero-order chi connectivity index (χ0) is 13.0. The lowest BCUT2D eigenvalue weighted by Crippen LogP contribution is -2.43. The van der Waals surface area contributed by atoms with Gasteiger partial charge in [0.1, 0.15) is 0 Å². The normalized spacial score (nSPS) is 17.7. The van der Waals surface area contributed by atoms with Crippen molar-refractivity contribution in [1.82, 2.24) is 15.2 Å². The lowest BCUT2D eigenvalue weighted by molar-refractivity contribution is -0.125. The minimum Gasteiger partial charge on any atom is -0.351 e. The van der Waals surface area contributed by atoms with Gasteiger partial charge >= 0.3 is 0 Å². The number of hydrogen-bond donors (Lipinski definition) is 1. The Kier molecular flexibility index (Phi) is 4.31. The largest absolute Gasteiger partial charge is 0.351 e. The summed E-state index contributed by atoms with van der Waals surface area (Å²) in [5.74, 6) is 0.117. The molecule has 4 heteroatoms. The summed E-state index contributed by atoms with van der Waals surface area (Å²) in [4.78, 5) is 18.4. The first-order valence-electron chi connectivity index (χ1n) is 6.60. The van der Waals surface area contributed by atoms with Crippen LogP contribution in [-0.2, 0) is 11.3 Å². The highest BCUT2D eigenvalue weighted by molar-refractivity contribution is 5.81. The third-order valence-electron chi connectivity index (χ3n) is 3.50. The lowest BCUT2D eigenvalue weighted by atomic mass is 10.2. The molecule has 18 heavy (non-hydrogen) atoms. The Morgan fingerprint density at radius 1 is 1.50 bits per heavy atom. The summed E-state index contributed by atoms with van der Waals surface area (Å²) in [7, 11) is 0. The van der Waals surface area contributed by atoms with Crippen molar-refractivity contribution in [2.75, 3.05) is 13.1 Å². The van der Waals surface area contributed by atoms with Crippen molar-refractivity contribution in [3.63, 3.8) is 0 Å². The molecular weight excluding hydrogens is 226 g/mol. The van der Waals surface area contributed by atoms with Crippen molar-refractivity contribution < 1.29 is 4.79 Å².